The summed E-state index contributed by atoms with van der Waals surface area (Å²) in [4.78, 5) is 13.4. The molecule has 0 atom stereocenters. The van der Waals surface area contributed by atoms with Crippen molar-refractivity contribution in [3.05, 3.63) is 60.3 Å². The topological polar surface area (TPSA) is 85.6 Å². The second-order valence-electron chi connectivity index (χ2n) is 6.49. The number of anilines is 1. The predicted molar refractivity (Wildman–Crippen MR) is 134 cm³/mol. The third kappa shape index (κ3) is 6.58. The zero-order chi connectivity index (χ0) is 21.3. The molecular formula is C22H29IN6O2. The van der Waals surface area contributed by atoms with Crippen molar-refractivity contribution in [1.29, 1.82) is 0 Å². The van der Waals surface area contributed by atoms with Crippen LogP contribution in [-0.4, -0.2) is 40.8 Å². The molecule has 0 aliphatic carbocycles. The van der Waals surface area contributed by atoms with Crippen LogP contribution in [0.25, 0.3) is 5.82 Å². The SMILES string of the molecule is CCNC(=NCc1ccc(-n2ccnc2C)nc1)Nc1ccc(OCC)c(OC)c1.I. The Bertz CT molecular complexity index is 988. The number of methoxy groups -OCH3 is 1. The van der Waals surface area contributed by atoms with E-state index in [1.807, 2.05) is 68.1 Å². The Kier molecular flexibility index (Phi) is 9.57. The number of aryl methyl sites for hydroxylation is 1. The van der Waals surface area contributed by atoms with Crippen LogP contribution in [0.2, 0.25) is 0 Å². The van der Waals surface area contributed by atoms with Crippen LogP contribution in [0.3, 0.4) is 0 Å². The zero-order valence-electron chi connectivity index (χ0n) is 18.3. The van der Waals surface area contributed by atoms with Gasteiger partial charge in [0, 0.05) is 36.9 Å². The number of rotatable bonds is 8. The maximum absolute atomic E-state index is 5.57. The fraction of sp³-hybridized carbons (Fsp3) is 0.318. The molecule has 8 nitrogen and oxygen atoms in total. The van der Waals surface area contributed by atoms with E-state index in [1.165, 1.54) is 0 Å². The van der Waals surface area contributed by atoms with E-state index in [9.17, 15) is 0 Å². The van der Waals surface area contributed by atoms with Gasteiger partial charge in [0.15, 0.2) is 17.5 Å². The van der Waals surface area contributed by atoms with E-state index in [-0.39, 0.29) is 24.0 Å². The average Bonchev–Trinajstić information content (AvgIpc) is 3.19. The molecule has 9 heteroatoms. The smallest absolute Gasteiger partial charge is 0.196 e. The quantitative estimate of drug-likeness (QED) is 0.255. The minimum atomic E-state index is 0. The van der Waals surface area contributed by atoms with Gasteiger partial charge in [0.05, 0.1) is 20.3 Å². The molecule has 1 aromatic carbocycles. The first-order valence-corrected chi connectivity index (χ1v) is 9.96. The monoisotopic (exact) mass is 536 g/mol. The average molecular weight is 536 g/mol. The highest BCUT2D eigenvalue weighted by Gasteiger charge is 2.07. The summed E-state index contributed by atoms with van der Waals surface area (Å²) in [7, 11) is 1.63. The summed E-state index contributed by atoms with van der Waals surface area (Å²) in [5.41, 5.74) is 1.87. The number of halogens is 1. The van der Waals surface area contributed by atoms with Crippen molar-refractivity contribution >= 4 is 35.6 Å². The lowest BCUT2D eigenvalue weighted by molar-refractivity contribution is 0.311. The first-order valence-electron chi connectivity index (χ1n) is 9.96. The molecule has 2 heterocycles. The van der Waals surface area contributed by atoms with E-state index in [0.717, 1.165) is 29.4 Å². The van der Waals surface area contributed by atoms with Gasteiger partial charge in [0.1, 0.15) is 11.6 Å². The van der Waals surface area contributed by atoms with Gasteiger partial charge < -0.3 is 20.1 Å². The highest BCUT2D eigenvalue weighted by Crippen LogP contribution is 2.30. The highest BCUT2D eigenvalue weighted by molar-refractivity contribution is 14.0. The van der Waals surface area contributed by atoms with Gasteiger partial charge in [-0.25, -0.2) is 15.0 Å². The molecule has 0 fully saturated rings. The summed E-state index contributed by atoms with van der Waals surface area (Å²) in [6, 6.07) is 9.70. The molecule has 0 saturated heterocycles. The van der Waals surface area contributed by atoms with Crippen molar-refractivity contribution in [2.24, 2.45) is 4.99 Å². The molecule has 2 aromatic heterocycles. The maximum atomic E-state index is 5.57. The van der Waals surface area contributed by atoms with E-state index in [4.69, 9.17) is 9.47 Å². The number of hydrogen-bond donors (Lipinski definition) is 2. The van der Waals surface area contributed by atoms with Gasteiger partial charge >= 0.3 is 0 Å². The second kappa shape index (κ2) is 12.1. The number of ether oxygens (including phenoxy) is 2. The van der Waals surface area contributed by atoms with Crippen LogP contribution in [0, 0.1) is 6.92 Å². The van der Waals surface area contributed by atoms with E-state index in [1.54, 1.807) is 13.3 Å². The summed E-state index contributed by atoms with van der Waals surface area (Å²) >= 11 is 0. The molecule has 0 aliphatic rings. The van der Waals surface area contributed by atoms with Crippen LogP contribution in [0.4, 0.5) is 5.69 Å². The minimum Gasteiger partial charge on any atom is -0.493 e. The molecule has 0 saturated carbocycles. The molecule has 0 radical (unpaired) electrons. The maximum Gasteiger partial charge on any atom is 0.196 e. The Morgan fingerprint density at radius 1 is 1.13 bits per heavy atom. The van der Waals surface area contributed by atoms with Crippen LogP contribution in [0.5, 0.6) is 11.5 Å². The van der Waals surface area contributed by atoms with Crippen LogP contribution >= 0.6 is 24.0 Å². The van der Waals surface area contributed by atoms with Crippen molar-refractivity contribution < 1.29 is 9.47 Å². The van der Waals surface area contributed by atoms with Gasteiger partial charge in [-0.2, -0.15) is 0 Å². The van der Waals surface area contributed by atoms with Crippen LogP contribution < -0.4 is 20.1 Å². The Balaban J connectivity index is 0.00000341. The van der Waals surface area contributed by atoms with E-state index in [2.05, 4.69) is 25.6 Å². The summed E-state index contributed by atoms with van der Waals surface area (Å²) in [6.07, 6.45) is 5.50. The highest BCUT2D eigenvalue weighted by atomic mass is 127. The molecule has 3 aromatic rings. The Morgan fingerprint density at radius 3 is 2.58 bits per heavy atom. The van der Waals surface area contributed by atoms with Gasteiger partial charge in [0.25, 0.3) is 0 Å². The Hall–Kier alpha value is -2.82. The lowest BCUT2D eigenvalue weighted by atomic mass is 10.2. The normalized spacial score (nSPS) is 10.9. The van der Waals surface area contributed by atoms with E-state index < -0.39 is 0 Å². The first-order chi connectivity index (χ1) is 14.6. The minimum absolute atomic E-state index is 0. The molecule has 0 spiro atoms. The lowest BCUT2D eigenvalue weighted by Crippen LogP contribution is -2.30. The third-order valence-corrected chi connectivity index (χ3v) is 4.37. The number of guanidine groups is 1. The fourth-order valence-electron chi connectivity index (χ4n) is 2.91. The lowest BCUT2D eigenvalue weighted by Gasteiger charge is -2.14. The van der Waals surface area contributed by atoms with E-state index in [0.29, 0.717) is 30.6 Å². The van der Waals surface area contributed by atoms with Crippen molar-refractivity contribution in [1.82, 2.24) is 19.9 Å². The van der Waals surface area contributed by atoms with Gasteiger partial charge in [-0.3, -0.25) is 4.57 Å². The number of nitrogens with one attached hydrogen (secondary N) is 2. The van der Waals surface area contributed by atoms with Gasteiger partial charge in [0.2, 0.25) is 0 Å². The zero-order valence-corrected chi connectivity index (χ0v) is 20.6. The molecule has 3 rings (SSSR count). The number of hydrogen-bond acceptors (Lipinski definition) is 5. The number of pyridine rings is 1. The molecule has 166 valence electrons. The van der Waals surface area contributed by atoms with Crippen LogP contribution in [0.15, 0.2) is 53.9 Å². The number of benzene rings is 1. The second-order valence-corrected chi connectivity index (χ2v) is 6.49. The number of imidazole rings is 1. The largest absolute Gasteiger partial charge is 0.493 e. The first kappa shape index (κ1) is 24.4. The van der Waals surface area contributed by atoms with Gasteiger partial charge in [-0.1, -0.05) is 6.07 Å². The van der Waals surface area contributed by atoms with Crippen molar-refractivity contribution in [3.8, 4) is 17.3 Å². The summed E-state index contributed by atoms with van der Waals surface area (Å²) in [5, 5.41) is 6.56. The summed E-state index contributed by atoms with van der Waals surface area (Å²) in [5.74, 6) is 3.80. The fourth-order valence-corrected chi connectivity index (χ4v) is 2.91. The molecule has 0 aliphatic heterocycles. The molecule has 2 N–H and O–H groups in total. The number of aliphatic imine (C=N–C) groups is 1. The predicted octanol–water partition coefficient (Wildman–Crippen LogP) is 4.18. The van der Waals surface area contributed by atoms with E-state index >= 15 is 0 Å². The molecule has 0 amide bonds. The van der Waals surface area contributed by atoms with Gasteiger partial charge in [-0.15, -0.1) is 24.0 Å². The van der Waals surface area contributed by atoms with Crippen LogP contribution in [0.1, 0.15) is 25.2 Å². The van der Waals surface area contributed by atoms with Crippen LogP contribution in [-0.2, 0) is 6.54 Å². The number of nitrogens with zero attached hydrogens (tertiary/aromatic N) is 4. The van der Waals surface area contributed by atoms with Crippen molar-refractivity contribution in [2.45, 2.75) is 27.3 Å². The Labute approximate surface area is 200 Å². The molecule has 0 unspecified atom stereocenters. The molecular weight excluding hydrogens is 507 g/mol. The molecule has 31 heavy (non-hydrogen) atoms. The van der Waals surface area contributed by atoms with Gasteiger partial charge in [-0.05, 0) is 44.5 Å². The number of aromatic nitrogens is 3. The summed E-state index contributed by atoms with van der Waals surface area (Å²) in [6.45, 7) is 7.75. The molecule has 0 bridgehead atoms. The van der Waals surface area contributed by atoms with Crippen molar-refractivity contribution in [3.63, 3.8) is 0 Å². The summed E-state index contributed by atoms with van der Waals surface area (Å²) < 4.78 is 12.9. The van der Waals surface area contributed by atoms with Crippen molar-refractivity contribution in [2.75, 3.05) is 25.6 Å². The Morgan fingerprint density at radius 2 is 1.97 bits per heavy atom. The third-order valence-electron chi connectivity index (χ3n) is 4.37. The standard InChI is InChI=1S/C22H28N6O2.HI/c1-5-23-22(27-18-8-9-19(30-6-2)20(13-18)29-4)26-15-17-7-10-21(25-14-17)28-12-11-24-16(28)3;/h7-14H,5-6,15H2,1-4H3,(H2,23,26,27);1H.